The number of aromatic nitrogens is 3. The molecule has 5 nitrogen and oxygen atoms in total. The highest BCUT2D eigenvalue weighted by molar-refractivity contribution is 5.49. The molecule has 72 valence electrons. The van der Waals surface area contributed by atoms with E-state index in [1.165, 1.54) is 0 Å². The quantitative estimate of drug-likeness (QED) is 0.733. The van der Waals surface area contributed by atoms with Crippen molar-refractivity contribution in [2.75, 3.05) is 5.73 Å². The Morgan fingerprint density at radius 3 is 2.57 bits per heavy atom. The molecule has 2 N–H and O–H groups in total. The summed E-state index contributed by atoms with van der Waals surface area (Å²) in [5.74, 6) is 0.482. The van der Waals surface area contributed by atoms with Gasteiger partial charge in [0, 0.05) is 5.69 Å². The number of pyridine rings is 1. The molecule has 0 amide bonds. The molecule has 5 heteroatoms. The van der Waals surface area contributed by atoms with Crippen LogP contribution in [0, 0.1) is 13.8 Å². The van der Waals surface area contributed by atoms with Gasteiger partial charge in [0.05, 0.1) is 0 Å². The van der Waals surface area contributed by atoms with Gasteiger partial charge in [0.2, 0.25) is 0 Å². The van der Waals surface area contributed by atoms with Crippen molar-refractivity contribution < 1.29 is 4.52 Å². The monoisotopic (exact) mass is 190 g/mol. The van der Waals surface area contributed by atoms with Crippen molar-refractivity contribution in [1.82, 2.24) is 15.1 Å². The van der Waals surface area contributed by atoms with Gasteiger partial charge >= 0.3 is 0 Å². The second-order valence-electron chi connectivity index (χ2n) is 3.13. The summed E-state index contributed by atoms with van der Waals surface area (Å²) in [6, 6.07) is 3.85. The molecule has 0 aliphatic heterocycles. The average molecular weight is 190 g/mol. The highest BCUT2D eigenvalue weighted by Gasteiger charge is 2.08. The average Bonchev–Trinajstić information content (AvgIpc) is 2.50. The lowest BCUT2D eigenvalue weighted by molar-refractivity contribution is 0.431. The molecule has 2 rings (SSSR count). The maximum Gasteiger partial charge on any atom is 0.278 e. The Morgan fingerprint density at radius 1 is 1.21 bits per heavy atom. The summed E-state index contributed by atoms with van der Waals surface area (Å²) in [5, 5.41) is 3.50. The third-order valence-electron chi connectivity index (χ3n) is 1.76. The molecule has 0 bridgehead atoms. The van der Waals surface area contributed by atoms with Crippen molar-refractivity contribution in [3.63, 3.8) is 0 Å². The minimum absolute atomic E-state index is 0.126. The van der Waals surface area contributed by atoms with Crippen LogP contribution in [0.15, 0.2) is 16.7 Å². The number of nitrogens with zero attached hydrogens (tertiary/aromatic N) is 3. The number of rotatable bonds is 1. The Labute approximate surface area is 81.0 Å². The van der Waals surface area contributed by atoms with Crippen LogP contribution in [-0.4, -0.2) is 15.1 Å². The van der Waals surface area contributed by atoms with E-state index in [1.807, 2.05) is 26.0 Å². The molecule has 0 saturated carbocycles. The van der Waals surface area contributed by atoms with E-state index in [2.05, 4.69) is 15.1 Å². The van der Waals surface area contributed by atoms with Gasteiger partial charge in [0.25, 0.3) is 11.8 Å². The molecule has 14 heavy (non-hydrogen) atoms. The molecule has 2 aromatic heterocycles. The van der Waals surface area contributed by atoms with Crippen LogP contribution in [0.3, 0.4) is 0 Å². The Bertz CT molecular complexity index is 443. The van der Waals surface area contributed by atoms with E-state index in [-0.39, 0.29) is 5.95 Å². The largest absolute Gasteiger partial charge is 0.365 e. The van der Waals surface area contributed by atoms with Crippen molar-refractivity contribution in [3.8, 4) is 11.6 Å². The second-order valence-corrected chi connectivity index (χ2v) is 3.13. The van der Waals surface area contributed by atoms with Crippen LogP contribution in [0.2, 0.25) is 0 Å². The molecule has 2 heterocycles. The normalized spacial score (nSPS) is 10.4. The molecule has 0 radical (unpaired) electrons. The van der Waals surface area contributed by atoms with Gasteiger partial charge < -0.3 is 10.3 Å². The number of nitrogens with two attached hydrogens (primary N) is 1. The first-order valence-electron chi connectivity index (χ1n) is 4.20. The zero-order chi connectivity index (χ0) is 10.1. The summed E-state index contributed by atoms with van der Waals surface area (Å²) in [6.45, 7) is 3.90. The first-order valence-corrected chi connectivity index (χ1v) is 4.20. The Hall–Kier alpha value is -1.91. The molecule has 0 aliphatic rings. The van der Waals surface area contributed by atoms with E-state index in [0.717, 1.165) is 11.3 Å². The first-order chi connectivity index (χ1) is 6.65. The van der Waals surface area contributed by atoms with Crippen LogP contribution < -0.4 is 5.73 Å². The minimum atomic E-state index is 0.126. The second kappa shape index (κ2) is 3.10. The van der Waals surface area contributed by atoms with Crippen molar-refractivity contribution in [2.45, 2.75) is 13.8 Å². The molecule has 0 aromatic carbocycles. The molecular formula is C9H10N4O. The molecule has 0 aliphatic carbocycles. The SMILES string of the molecule is Cc1cc(C)nc(-c2nc(N)no2)c1. The molecule has 0 saturated heterocycles. The zero-order valence-corrected chi connectivity index (χ0v) is 7.98. The Kier molecular flexibility index (Phi) is 1.92. The smallest absolute Gasteiger partial charge is 0.278 e. The summed E-state index contributed by atoms with van der Waals surface area (Å²) in [4.78, 5) is 8.17. The van der Waals surface area contributed by atoms with Gasteiger partial charge in [-0.2, -0.15) is 4.98 Å². The van der Waals surface area contributed by atoms with Crippen molar-refractivity contribution >= 4 is 5.95 Å². The lowest BCUT2D eigenvalue weighted by atomic mass is 10.2. The highest BCUT2D eigenvalue weighted by atomic mass is 16.5. The first kappa shape index (κ1) is 8.68. The summed E-state index contributed by atoms with van der Waals surface area (Å²) in [6.07, 6.45) is 0. The number of hydrogen-bond acceptors (Lipinski definition) is 5. The van der Waals surface area contributed by atoms with E-state index in [4.69, 9.17) is 10.3 Å². The Balaban J connectivity index is 2.51. The van der Waals surface area contributed by atoms with Crippen LogP contribution in [0.5, 0.6) is 0 Å². The predicted octanol–water partition coefficient (Wildman–Crippen LogP) is 1.33. The summed E-state index contributed by atoms with van der Waals surface area (Å²) >= 11 is 0. The maximum absolute atomic E-state index is 5.35. The van der Waals surface area contributed by atoms with Gasteiger partial charge in [-0.25, -0.2) is 4.98 Å². The van der Waals surface area contributed by atoms with Crippen LogP contribution in [0.4, 0.5) is 5.95 Å². The fraction of sp³-hybridized carbons (Fsp3) is 0.222. The summed E-state index contributed by atoms with van der Waals surface area (Å²) in [7, 11) is 0. The lowest BCUT2D eigenvalue weighted by Crippen LogP contribution is -1.90. The van der Waals surface area contributed by atoms with E-state index in [1.54, 1.807) is 0 Å². The third kappa shape index (κ3) is 1.56. The number of aryl methyl sites for hydroxylation is 2. The fourth-order valence-corrected chi connectivity index (χ4v) is 1.29. The number of nitrogen functional groups attached to an aromatic ring is 1. The van der Waals surface area contributed by atoms with Crippen LogP contribution >= 0.6 is 0 Å². The summed E-state index contributed by atoms with van der Waals surface area (Å²) < 4.78 is 4.91. The van der Waals surface area contributed by atoms with Gasteiger partial charge in [-0.1, -0.05) is 0 Å². The number of anilines is 1. The van der Waals surface area contributed by atoms with Gasteiger partial charge in [0.1, 0.15) is 5.69 Å². The molecule has 2 aromatic rings. The van der Waals surface area contributed by atoms with Crippen molar-refractivity contribution in [3.05, 3.63) is 23.4 Å². The predicted molar refractivity (Wildman–Crippen MR) is 51.4 cm³/mol. The minimum Gasteiger partial charge on any atom is -0.365 e. The maximum atomic E-state index is 5.35. The zero-order valence-electron chi connectivity index (χ0n) is 7.98. The van der Waals surface area contributed by atoms with Gasteiger partial charge in [0.15, 0.2) is 0 Å². The van der Waals surface area contributed by atoms with E-state index in [9.17, 15) is 0 Å². The van der Waals surface area contributed by atoms with Crippen molar-refractivity contribution in [1.29, 1.82) is 0 Å². The standard InChI is InChI=1S/C9H10N4O/c1-5-3-6(2)11-7(4-5)8-12-9(10)13-14-8/h3-4H,1-2H3,(H2,10,13). The molecule has 0 atom stereocenters. The van der Waals surface area contributed by atoms with E-state index < -0.39 is 0 Å². The lowest BCUT2D eigenvalue weighted by Gasteiger charge is -1.98. The topological polar surface area (TPSA) is 77.8 Å². The van der Waals surface area contributed by atoms with Gasteiger partial charge in [-0.15, -0.1) is 0 Å². The van der Waals surface area contributed by atoms with Gasteiger partial charge in [-0.05, 0) is 36.7 Å². The van der Waals surface area contributed by atoms with E-state index in [0.29, 0.717) is 11.6 Å². The van der Waals surface area contributed by atoms with Crippen LogP contribution in [0.1, 0.15) is 11.3 Å². The van der Waals surface area contributed by atoms with Crippen LogP contribution in [0.25, 0.3) is 11.6 Å². The van der Waals surface area contributed by atoms with E-state index >= 15 is 0 Å². The van der Waals surface area contributed by atoms with Crippen molar-refractivity contribution in [2.24, 2.45) is 0 Å². The molecular weight excluding hydrogens is 180 g/mol. The molecule has 0 unspecified atom stereocenters. The Morgan fingerprint density at radius 2 is 2.00 bits per heavy atom. The van der Waals surface area contributed by atoms with Crippen LogP contribution in [-0.2, 0) is 0 Å². The molecule has 0 spiro atoms. The highest BCUT2D eigenvalue weighted by Crippen LogP contribution is 2.17. The summed E-state index contributed by atoms with van der Waals surface area (Å²) in [5.41, 5.74) is 8.02. The fourth-order valence-electron chi connectivity index (χ4n) is 1.29. The third-order valence-corrected chi connectivity index (χ3v) is 1.76. The molecule has 0 fully saturated rings. The van der Waals surface area contributed by atoms with Gasteiger partial charge in [-0.3, -0.25) is 0 Å². The number of hydrogen-bond donors (Lipinski definition) is 1.